The van der Waals surface area contributed by atoms with Gasteiger partial charge in [0.1, 0.15) is 12.3 Å². The van der Waals surface area contributed by atoms with Crippen LogP contribution < -0.4 is 10.7 Å². The molecule has 0 spiro atoms. The summed E-state index contributed by atoms with van der Waals surface area (Å²) in [5.74, 6) is -0.525. The summed E-state index contributed by atoms with van der Waals surface area (Å²) in [5, 5.41) is 2.28. The van der Waals surface area contributed by atoms with E-state index in [0.29, 0.717) is 0 Å². The molecule has 0 unspecified atom stereocenters. The number of nitrogens with one attached hydrogen (secondary N) is 2. The Morgan fingerprint density at radius 3 is 2.43 bits per heavy atom. The Hall–Kier alpha value is -3.02. The lowest BCUT2D eigenvalue weighted by molar-refractivity contribution is -0.114. The highest BCUT2D eigenvalue weighted by atomic mass is 16.5. The van der Waals surface area contributed by atoms with Crippen LogP contribution in [0.1, 0.15) is 5.56 Å². The number of aromatic nitrogens is 1. The summed E-state index contributed by atoms with van der Waals surface area (Å²) in [6, 6.07) is 12.7. The van der Waals surface area contributed by atoms with Gasteiger partial charge in [-0.15, -0.1) is 0 Å². The highest BCUT2D eigenvalue weighted by Crippen LogP contribution is 2.01. The first-order valence-corrected chi connectivity index (χ1v) is 6.26. The van der Waals surface area contributed by atoms with Crippen molar-refractivity contribution in [2.75, 3.05) is 5.43 Å². The molecule has 6 nitrogen and oxygen atoms in total. The van der Waals surface area contributed by atoms with Gasteiger partial charge in [0, 0.05) is 12.4 Å². The normalized spacial score (nSPS) is 9.71. The second kappa shape index (κ2) is 6.95. The largest absolute Gasteiger partial charge is 0.444 e. The van der Waals surface area contributed by atoms with Gasteiger partial charge in [0.05, 0.1) is 0 Å². The van der Waals surface area contributed by atoms with Gasteiger partial charge in [0.2, 0.25) is 0 Å². The van der Waals surface area contributed by atoms with Gasteiger partial charge in [-0.3, -0.25) is 20.2 Å². The van der Waals surface area contributed by atoms with Crippen LogP contribution in [0.5, 0.6) is 0 Å². The van der Waals surface area contributed by atoms with E-state index in [-0.39, 0.29) is 12.3 Å². The lowest BCUT2D eigenvalue weighted by atomic mass is 10.2. The fourth-order valence-corrected chi connectivity index (χ4v) is 1.53. The molecule has 0 aliphatic carbocycles. The van der Waals surface area contributed by atoms with Crippen LogP contribution in [0.4, 0.5) is 4.79 Å². The average Bonchev–Trinajstić information content (AvgIpc) is 2.99. The van der Waals surface area contributed by atoms with E-state index >= 15 is 0 Å². The number of rotatable bonds is 5. The first-order chi connectivity index (χ1) is 10.1. The van der Waals surface area contributed by atoms with Crippen molar-refractivity contribution in [2.45, 2.75) is 6.61 Å². The van der Waals surface area contributed by atoms with Crippen LogP contribution in [-0.2, 0) is 16.1 Å². The molecular weight excluding hydrogens is 270 g/mol. The molecule has 108 valence electrons. The van der Waals surface area contributed by atoms with Crippen molar-refractivity contribution >= 4 is 12.0 Å². The predicted octanol–water partition coefficient (Wildman–Crippen LogP) is 2.00. The van der Waals surface area contributed by atoms with Crippen LogP contribution in [0, 0.1) is 0 Å². The van der Waals surface area contributed by atoms with E-state index in [1.807, 2.05) is 30.3 Å². The Kier molecular flexibility index (Phi) is 4.76. The van der Waals surface area contributed by atoms with Crippen molar-refractivity contribution in [3.8, 4) is 0 Å². The van der Waals surface area contributed by atoms with E-state index in [4.69, 9.17) is 4.74 Å². The van der Waals surface area contributed by atoms with Gasteiger partial charge < -0.3 is 4.74 Å². The summed E-state index contributed by atoms with van der Waals surface area (Å²) >= 11 is 0. The van der Waals surface area contributed by atoms with E-state index in [1.54, 1.807) is 24.5 Å². The quantitative estimate of drug-likeness (QED) is 0.825. The molecule has 0 radical (unpaired) electrons. The number of nitrogens with zero attached hydrogens (tertiary/aromatic N) is 1. The Labute approximate surface area is 122 Å². The van der Waals surface area contributed by atoms with Gasteiger partial charge in [-0.1, -0.05) is 36.9 Å². The van der Waals surface area contributed by atoms with Gasteiger partial charge in [-0.25, -0.2) is 4.79 Å². The second-order valence-electron chi connectivity index (χ2n) is 4.20. The number of alkyl carbamates (subject to hydrolysis) is 1. The Balaban J connectivity index is 1.76. The molecule has 1 aromatic heterocycles. The molecule has 21 heavy (non-hydrogen) atoms. The van der Waals surface area contributed by atoms with Crippen molar-refractivity contribution < 1.29 is 14.3 Å². The lowest BCUT2D eigenvalue weighted by Gasteiger charge is -2.10. The minimum atomic E-state index is -0.730. The summed E-state index contributed by atoms with van der Waals surface area (Å²) in [5.41, 5.74) is 3.27. The van der Waals surface area contributed by atoms with Gasteiger partial charge in [-0.2, -0.15) is 0 Å². The Morgan fingerprint density at radius 2 is 1.76 bits per heavy atom. The van der Waals surface area contributed by atoms with Crippen LogP contribution in [0.15, 0.2) is 67.1 Å². The summed E-state index contributed by atoms with van der Waals surface area (Å²) < 4.78 is 6.44. The average molecular weight is 285 g/mol. The van der Waals surface area contributed by atoms with Crippen molar-refractivity contribution in [2.24, 2.45) is 0 Å². The van der Waals surface area contributed by atoms with E-state index in [1.165, 1.54) is 4.68 Å². The zero-order valence-electron chi connectivity index (χ0n) is 11.3. The zero-order valence-corrected chi connectivity index (χ0v) is 11.3. The molecule has 0 aliphatic rings. The van der Waals surface area contributed by atoms with E-state index in [9.17, 15) is 9.59 Å². The molecule has 0 aliphatic heterocycles. The highest BCUT2D eigenvalue weighted by molar-refractivity contribution is 6.00. The highest BCUT2D eigenvalue weighted by Gasteiger charge is 2.11. The molecule has 1 heterocycles. The number of amides is 2. The molecule has 0 saturated carbocycles. The molecule has 2 aromatic rings. The molecule has 0 saturated heterocycles. The first kappa shape index (κ1) is 14.4. The summed E-state index contributed by atoms with van der Waals surface area (Å²) in [6.07, 6.45) is 2.57. The number of ether oxygens (including phenoxy) is 1. The van der Waals surface area contributed by atoms with Gasteiger partial charge >= 0.3 is 6.09 Å². The smallest absolute Gasteiger partial charge is 0.412 e. The third kappa shape index (κ3) is 4.54. The second-order valence-corrected chi connectivity index (χ2v) is 4.20. The topological polar surface area (TPSA) is 72.4 Å². The van der Waals surface area contributed by atoms with Crippen LogP contribution in [-0.4, -0.2) is 16.7 Å². The summed E-state index contributed by atoms with van der Waals surface area (Å²) in [6.45, 7) is 3.62. The maximum absolute atomic E-state index is 11.7. The van der Waals surface area contributed by atoms with Crippen molar-refractivity contribution in [3.05, 3.63) is 72.7 Å². The van der Waals surface area contributed by atoms with Gasteiger partial charge in [0.25, 0.3) is 5.91 Å². The molecular formula is C15H15N3O3. The van der Waals surface area contributed by atoms with Gasteiger partial charge in [-0.05, 0) is 17.7 Å². The van der Waals surface area contributed by atoms with Crippen LogP contribution in [0.2, 0.25) is 0 Å². The lowest BCUT2D eigenvalue weighted by Crippen LogP contribution is -2.33. The molecule has 2 N–H and O–H groups in total. The predicted molar refractivity (Wildman–Crippen MR) is 77.7 cm³/mol. The minimum Gasteiger partial charge on any atom is -0.444 e. The molecule has 1 aromatic carbocycles. The monoisotopic (exact) mass is 285 g/mol. The summed E-state index contributed by atoms with van der Waals surface area (Å²) in [4.78, 5) is 23.3. The molecule has 0 fully saturated rings. The van der Waals surface area contributed by atoms with Crippen LogP contribution in [0.3, 0.4) is 0 Å². The molecule has 0 bridgehead atoms. The van der Waals surface area contributed by atoms with Crippen LogP contribution >= 0.6 is 0 Å². The molecule has 2 rings (SSSR count). The SMILES string of the molecule is C=C(NC(=O)OCc1ccccc1)C(=O)Nn1cccc1. The molecule has 6 heteroatoms. The number of carbonyl (C=O) groups is 2. The van der Waals surface area contributed by atoms with Crippen LogP contribution in [0.25, 0.3) is 0 Å². The van der Waals surface area contributed by atoms with Crippen molar-refractivity contribution in [1.29, 1.82) is 0 Å². The minimum absolute atomic E-state index is 0.0956. The number of benzene rings is 1. The van der Waals surface area contributed by atoms with E-state index < -0.39 is 12.0 Å². The molecule has 0 atom stereocenters. The van der Waals surface area contributed by atoms with Crippen molar-refractivity contribution in [1.82, 2.24) is 9.99 Å². The van der Waals surface area contributed by atoms with Crippen molar-refractivity contribution in [3.63, 3.8) is 0 Å². The molecule has 2 amide bonds. The Bertz CT molecular complexity index is 621. The standard InChI is InChI=1S/C15H15N3O3/c1-12(14(19)17-18-9-5-6-10-18)16-15(20)21-11-13-7-3-2-4-8-13/h2-10H,1,11H2,(H,16,20)(H,17,19). The zero-order chi connectivity index (χ0) is 15.1. The number of hydrogen-bond acceptors (Lipinski definition) is 3. The fraction of sp³-hybridized carbons (Fsp3) is 0.0667. The van der Waals surface area contributed by atoms with E-state index in [0.717, 1.165) is 5.56 Å². The fourth-order valence-electron chi connectivity index (χ4n) is 1.53. The van der Waals surface area contributed by atoms with Gasteiger partial charge in [0.15, 0.2) is 0 Å². The number of carbonyl (C=O) groups excluding carboxylic acids is 2. The van der Waals surface area contributed by atoms with E-state index in [2.05, 4.69) is 17.3 Å². The third-order valence-corrected chi connectivity index (χ3v) is 2.57. The Morgan fingerprint density at radius 1 is 1.10 bits per heavy atom. The maximum Gasteiger partial charge on any atom is 0.412 e. The summed E-state index contributed by atoms with van der Waals surface area (Å²) in [7, 11) is 0. The number of hydrogen-bond donors (Lipinski definition) is 2. The first-order valence-electron chi connectivity index (χ1n) is 6.26. The third-order valence-electron chi connectivity index (χ3n) is 2.57. The maximum atomic E-state index is 11.7.